The molecule has 1 atom stereocenters. The van der Waals surface area contributed by atoms with E-state index in [1.165, 1.54) is 0 Å². The molecule has 1 fully saturated rings. The van der Waals surface area contributed by atoms with Crippen molar-refractivity contribution in [2.24, 2.45) is 10.7 Å². The number of piperidine rings is 1. The summed E-state index contributed by atoms with van der Waals surface area (Å²) in [7, 11) is 3.15. The number of aliphatic hydroxyl groups is 1. The summed E-state index contributed by atoms with van der Waals surface area (Å²) in [6.07, 6.45) is 0.960. The molecule has 0 aromatic heterocycles. The number of hydrogen-bond donors (Lipinski definition) is 4. The Balaban J connectivity index is 1.98. The number of aliphatic imine (C=N–C) groups is 1. The molecule has 2 rings (SSSR count). The molecular formula is C20H33N5O4. The first kappa shape index (κ1) is 22.8. The van der Waals surface area contributed by atoms with E-state index < -0.39 is 6.10 Å². The van der Waals surface area contributed by atoms with Gasteiger partial charge in [-0.05, 0) is 38.0 Å². The molecule has 0 saturated carbocycles. The van der Waals surface area contributed by atoms with Crippen molar-refractivity contribution in [2.45, 2.75) is 31.9 Å². The van der Waals surface area contributed by atoms with Gasteiger partial charge in [0.2, 0.25) is 5.91 Å². The van der Waals surface area contributed by atoms with Gasteiger partial charge in [-0.2, -0.15) is 0 Å². The second kappa shape index (κ2) is 11.5. The fourth-order valence-corrected chi connectivity index (χ4v) is 3.35. The number of nitrogens with one attached hydrogen (secondary N) is 2. The van der Waals surface area contributed by atoms with Crippen LogP contribution in [0.4, 0.5) is 0 Å². The average molecular weight is 408 g/mol. The molecular weight excluding hydrogens is 374 g/mol. The number of carbonyl (C=O) groups excluding carboxylic acids is 1. The van der Waals surface area contributed by atoms with Gasteiger partial charge >= 0.3 is 0 Å². The molecule has 1 unspecified atom stereocenters. The molecule has 0 radical (unpaired) electrons. The van der Waals surface area contributed by atoms with Crippen LogP contribution in [0.15, 0.2) is 23.2 Å². The third kappa shape index (κ3) is 7.10. The van der Waals surface area contributed by atoms with Crippen LogP contribution in [0.2, 0.25) is 0 Å². The highest BCUT2D eigenvalue weighted by Crippen LogP contribution is 2.29. The Bertz CT molecular complexity index is 689. The van der Waals surface area contributed by atoms with Gasteiger partial charge in [-0.1, -0.05) is 0 Å². The lowest BCUT2D eigenvalue weighted by molar-refractivity contribution is -0.119. The predicted octanol–water partition coefficient (Wildman–Crippen LogP) is 0.242. The number of ether oxygens (including phenoxy) is 2. The number of likely N-dealkylation sites (tertiary alicyclic amines) is 1. The first-order valence-corrected chi connectivity index (χ1v) is 9.92. The van der Waals surface area contributed by atoms with Crippen molar-refractivity contribution in [1.82, 2.24) is 15.5 Å². The quantitative estimate of drug-likeness (QED) is 0.342. The van der Waals surface area contributed by atoms with Crippen LogP contribution in [0.25, 0.3) is 0 Å². The normalized spacial score (nSPS) is 16.9. The topological polar surface area (TPSA) is 121 Å². The van der Waals surface area contributed by atoms with Crippen LogP contribution in [-0.2, 0) is 4.79 Å². The van der Waals surface area contributed by atoms with Crippen LogP contribution in [0.5, 0.6) is 11.5 Å². The van der Waals surface area contributed by atoms with Gasteiger partial charge in [0.1, 0.15) is 17.6 Å². The summed E-state index contributed by atoms with van der Waals surface area (Å²) in [4.78, 5) is 17.7. The minimum atomic E-state index is -0.826. The number of hydrogen-bond acceptors (Lipinski definition) is 6. The number of nitrogens with two attached hydrogens (primary N) is 1. The third-order valence-electron chi connectivity index (χ3n) is 4.87. The third-order valence-corrected chi connectivity index (χ3v) is 4.87. The molecule has 1 heterocycles. The fourth-order valence-electron chi connectivity index (χ4n) is 3.35. The number of methoxy groups -OCH3 is 2. The van der Waals surface area contributed by atoms with Crippen LogP contribution < -0.4 is 25.8 Å². The maximum atomic E-state index is 11.1. The Hall–Kier alpha value is -2.52. The fraction of sp³-hybridized carbons (Fsp3) is 0.600. The zero-order chi connectivity index (χ0) is 21.2. The lowest BCUT2D eigenvalue weighted by atomic mass is 10.1. The molecule has 1 aliphatic rings. The van der Waals surface area contributed by atoms with Crippen molar-refractivity contribution in [2.75, 3.05) is 46.9 Å². The van der Waals surface area contributed by atoms with Crippen molar-refractivity contribution < 1.29 is 19.4 Å². The molecule has 29 heavy (non-hydrogen) atoms. The van der Waals surface area contributed by atoms with Crippen LogP contribution >= 0.6 is 0 Å². The van der Waals surface area contributed by atoms with Gasteiger partial charge in [0, 0.05) is 31.2 Å². The summed E-state index contributed by atoms with van der Waals surface area (Å²) in [6, 6.07) is 5.56. The summed E-state index contributed by atoms with van der Waals surface area (Å²) in [5, 5.41) is 17.3. The lowest BCUT2D eigenvalue weighted by Crippen LogP contribution is -2.49. The molecule has 5 N–H and O–H groups in total. The zero-order valence-corrected chi connectivity index (χ0v) is 17.5. The molecule has 9 nitrogen and oxygen atoms in total. The molecule has 1 aromatic rings. The van der Waals surface area contributed by atoms with Gasteiger partial charge in [-0.15, -0.1) is 0 Å². The van der Waals surface area contributed by atoms with Crippen LogP contribution in [0.1, 0.15) is 31.4 Å². The molecule has 9 heteroatoms. The smallest absolute Gasteiger partial charge is 0.231 e. The van der Waals surface area contributed by atoms with E-state index in [-0.39, 0.29) is 18.5 Å². The number of amides is 1. The number of carbonyl (C=O) groups is 1. The average Bonchev–Trinajstić information content (AvgIpc) is 2.72. The van der Waals surface area contributed by atoms with Gasteiger partial charge in [-0.25, -0.2) is 0 Å². The highest BCUT2D eigenvalue weighted by atomic mass is 16.5. The van der Waals surface area contributed by atoms with E-state index in [1.54, 1.807) is 32.4 Å². The van der Waals surface area contributed by atoms with E-state index >= 15 is 0 Å². The van der Waals surface area contributed by atoms with Gasteiger partial charge in [0.05, 0.1) is 27.3 Å². The SMILES string of the molecule is CCNC(=NCC(O)c1cc(OC)ccc1OC)NC1CCN(CC(N)=O)CC1. The second-order valence-electron chi connectivity index (χ2n) is 7.00. The van der Waals surface area contributed by atoms with E-state index in [0.717, 1.165) is 25.9 Å². The highest BCUT2D eigenvalue weighted by molar-refractivity contribution is 5.80. The molecule has 1 saturated heterocycles. The zero-order valence-electron chi connectivity index (χ0n) is 17.5. The van der Waals surface area contributed by atoms with Crippen LogP contribution in [0, 0.1) is 0 Å². The van der Waals surface area contributed by atoms with E-state index in [4.69, 9.17) is 15.2 Å². The number of benzene rings is 1. The largest absolute Gasteiger partial charge is 0.497 e. The van der Waals surface area contributed by atoms with Crippen molar-refractivity contribution >= 4 is 11.9 Å². The number of primary amides is 1. The number of guanidine groups is 1. The lowest BCUT2D eigenvalue weighted by Gasteiger charge is -2.32. The Labute approximate surface area is 172 Å². The first-order valence-electron chi connectivity index (χ1n) is 9.92. The summed E-state index contributed by atoms with van der Waals surface area (Å²) in [5.74, 6) is 1.60. The van der Waals surface area contributed by atoms with E-state index in [2.05, 4.69) is 20.5 Å². The maximum absolute atomic E-state index is 11.1. The van der Waals surface area contributed by atoms with Crippen LogP contribution in [0.3, 0.4) is 0 Å². The molecule has 0 aliphatic carbocycles. The van der Waals surface area contributed by atoms with Crippen molar-refractivity contribution in [1.29, 1.82) is 0 Å². The van der Waals surface area contributed by atoms with Gasteiger partial charge in [0.15, 0.2) is 5.96 Å². The Kier molecular flexibility index (Phi) is 9.01. The monoisotopic (exact) mass is 407 g/mol. The molecule has 1 amide bonds. The van der Waals surface area contributed by atoms with Crippen molar-refractivity contribution in [3.8, 4) is 11.5 Å². The van der Waals surface area contributed by atoms with Gasteiger partial charge in [0.25, 0.3) is 0 Å². The molecule has 162 valence electrons. The summed E-state index contributed by atoms with van der Waals surface area (Å²) in [6.45, 7) is 4.81. The van der Waals surface area contributed by atoms with Gasteiger partial charge < -0.3 is 30.9 Å². The number of aliphatic hydroxyl groups excluding tert-OH is 1. The number of nitrogens with zero attached hydrogens (tertiary/aromatic N) is 2. The summed E-state index contributed by atoms with van der Waals surface area (Å²) < 4.78 is 10.6. The Morgan fingerprint density at radius 2 is 2.07 bits per heavy atom. The maximum Gasteiger partial charge on any atom is 0.231 e. The first-order chi connectivity index (χ1) is 14.0. The molecule has 0 spiro atoms. The Morgan fingerprint density at radius 3 is 2.66 bits per heavy atom. The number of rotatable bonds is 9. The minimum absolute atomic E-state index is 0.180. The molecule has 1 aromatic carbocycles. The highest BCUT2D eigenvalue weighted by Gasteiger charge is 2.21. The van der Waals surface area contributed by atoms with Crippen molar-refractivity contribution in [3.05, 3.63) is 23.8 Å². The van der Waals surface area contributed by atoms with Gasteiger partial charge in [-0.3, -0.25) is 14.7 Å². The van der Waals surface area contributed by atoms with Crippen LogP contribution in [-0.4, -0.2) is 74.9 Å². The summed E-state index contributed by atoms with van der Waals surface area (Å²) in [5.41, 5.74) is 5.90. The molecule has 0 bridgehead atoms. The van der Waals surface area contributed by atoms with E-state index in [1.807, 2.05) is 6.92 Å². The van der Waals surface area contributed by atoms with E-state index in [9.17, 15) is 9.90 Å². The second-order valence-corrected chi connectivity index (χ2v) is 7.00. The van der Waals surface area contributed by atoms with Crippen molar-refractivity contribution in [3.63, 3.8) is 0 Å². The predicted molar refractivity (Wildman–Crippen MR) is 112 cm³/mol. The summed E-state index contributed by atoms with van der Waals surface area (Å²) >= 11 is 0. The molecule has 1 aliphatic heterocycles. The standard InChI is InChI=1S/C20H33N5O4/c1-4-22-20(24-14-7-9-25(10-8-14)13-19(21)27)23-12-17(26)16-11-15(28-2)5-6-18(16)29-3/h5-6,11,14,17,26H,4,7-10,12-13H2,1-3H3,(H2,21,27)(H2,22,23,24). The Morgan fingerprint density at radius 1 is 1.34 bits per heavy atom. The minimum Gasteiger partial charge on any atom is -0.497 e. The van der Waals surface area contributed by atoms with E-state index in [0.29, 0.717) is 36.1 Å².